The van der Waals surface area contributed by atoms with Gasteiger partial charge in [-0.1, -0.05) is 18.2 Å². The van der Waals surface area contributed by atoms with Crippen LogP contribution in [0.2, 0.25) is 0 Å². The van der Waals surface area contributed by atoms with Crippen molar-refractivity contribution in [2.75, 3.05) is 6.54 Å². The van der Waals surface area contributed by atoms with Crippen LogP contribution < -0.4 is 34.9 Å². The van der Waals surface area contributed by atoms with Crippen molar-refractivity contribution in [2.45, 2.75) is 11.3 Å². The average Bonchev–Trinajstić information content (AvgIpc) is 2.61. The van der Waals surface area contributed by atoms with Crippen LogP contribution in [0.4, 0.5) is 0 Å². The third-order valence-electron chi connectivity index (χ3n) is 4.10. The summed E-state index contributed by atoms with van der Waals surface area (Å²) < 4.78 is 33.5. The van der Waals surface area contributed by atoms with Gasteiger partial charge in [0.25, 0.3) is 5.91 Å². The van der Waals surface area contributed by atoms with Crippen LogP contribution in [0.15, 0.2) is 59.5 Å². The second-order valence-corrected chi connectivity index (χ2v) is 7.38. The fourth-order valence-electron chi connectivity index (χ4n) is 2.68. The van der Waals surface area contributed by atoms with E-state index in [9.17, 15) is 28.0 Å². The predicted molar refractivity (Wildman–Crippen MR) is 97.7 cm³/mol. The molecule has 0 saturated carbocycles. The Bertz CT molecular complexity index is 1110. The molecule has 0 bridgehead atoms. The van der Waals surface area contributed by atoms with Crippen LogP contribution in [0.3, 0.4) is 0 Å². The molecule has 3 N–H and O–H groups in total. The molecular weight excluding hydrogens is 393 g/mol. The van der Waals surface area contributed by atoms with Crippen molar-refractivity contribution >= 4 is 26.8 Å². The summed E-state index contributed by atoms with van der Waals surface area (Å²) in [6, 6.07) is 13.0. The van der Waals surface area contributed by atoms with Crippen LogP contribution in [0, 0.1) is 0 Å². The number of fused-ring (bicyclic) bond motifs is 1. The predicted octanol–water partition coefficient (Wildman–Crippen LogP) is -0.868. The first-order valence-electron chi connectivity index (χ1n) is 8.03. The molecule has 1 amide bonds. The molecular formula is C19H16NNaO6S. The number of amides is 1. The van der Waals surface area contributed by atoms with Crippen LogP contribution in [0.1, 0.15) is 15.9 Å². The fraction of sp³-hybridized carbons (Fsp3) is 0.105. The molecule has 0 aliphatic rings. The Labute approximate surface area is 184 Å². The molecule has 0 aliphatic heterocycles. The van der Waals surface area contributed by atoms with Crippen LogP contribution in [0.25, 0.3) is 10.8 Å². The summed E-state index contributed by atoms with van der Waals surface area (Å²) in [4.78, 5) is 11.9. The Kier molecular flexibility index (Phi) is 7.08. The Hall–Kier alpha value is -2.10. The maximum Gasteiger partial charge on any atom is 1.00 e. The number of phenols is 2. The van der Waals surface area contributed by atoms with Crippen LogP contribution in [-0.2, 0) is 16.5 Å². The van der Waals surface area contributed by atoms with Crippen molar-refractivity contribution in [1.82, 2.24) is 5.32 Å². The molecule has 0 fully saturated rings. The number of nitrogens with one attached hydrogen (secondary N) is 1. The first-order chi connectivity index (χ1) is 12.7. The standard InChI is InChI=1S/C19H17NO6S.Na/c21-15-4-1-12(2-5-15)7-8-20-19(23)17-10-14-9-16(27(24,25)26)6-3-13(14)11-18(17)22;/h1-6,9-11,21-22H,7-8H2,(H,20,23)(H,24,25,26);/q;+1/p-1. The van der Waals surface area contributed by atoms with Gasteiger partial charge in [-0.05, 0) is 59.2 Å². The smallest absolute Gasteiger partial charge is 0.744 e. The minimum Gasteiger partial charge on any atom is -0.744 e. The fourth-order valence-corrected chi connectivity index (χ4v) is 3.19. The largest absolute Gasteiger partial charge is 1.00 e. The van der Waals surface area contributed by atoms with Gasteiger partial charge in [0.1, 0.15) is 21.6 Å². The van der Waals surface area contributed by atoms with E-state index in [0.717, 1.165) is 11.6 Å². The van der Waals surface area contributed by atoms with Crippen LogP contribution in [0.5, 0.6) is 11.5 Å². The third-order valence-corrected chi connectivity index (χ3v) is 4.93. The number of aromatic hydroxyl groups is 2. The molecule has 3 aromatic rings. The number of rotatable bonds is 5. The summed E-state index contributed by atoms with van der Waals surface area (Å²) in [5, 5.41) is 22.9. The summed E-state index contributed by atoms with van der Waals surface area (Å²) in [5.41, 5.74) is 0.898. The molecule has 0 spiro atoms. The zero-order valence-corrected chi connectivity index (χ0v) is 17.9. The van der Waals surface area contributed by atoms with Crippen molar-refractivity contribution in [3.05, 3.63) is 65.7 Å². The topological polar surface area (TPSA) is 127 Å². The van der Waals surface area contributed by atoms with Gasteiger partial charge in [-0.15, -0.1) is 0 Å². The summed E-state index contributed by atoms with van der Waals surface area (Å²) in [6.45, 7) is 0.302. The minimum absolute atomic E-state index is 0. The summed E-state index contributed by atoms with van der Waals surface area (Å²) in [7, 11) is -4.62. The van der Waals surface area contributed by atoms with E-state index in [1.54, 1.807) is 24.3 Å². The molecule has 28 heavy (non-hydrogen) atoms. The summed E-state index contributed by atoms with van der Waals surface area (Å²) in [6.07, 6.45) is 0.527. The average molecular weight is 409 g/mol. The minimum atomic E-state index is -4.62. The van der Waals surface area contributed by atoms with Gasteiger partial charge in [0, 0.05) is 6.54 Å². The number of carbonyl (C=O) groups is 1. The molecule has 0 saturated heterocycles. The zero-order valence-electron chi connectivity index (χ0n) is 15.0. The molecule has 9 heteroatoms. The van der Waals surface area contributed by atoms with E-state index in [-0.39, 0.29) is 46.6 Å². The molecule has 0 aromatic heterocycles. The van der Waals surface area contributed by atoms with Gasteiger partial charge >= 0.3 is 29.6 Å². The zero-order chi connectivity index (χ0) is 19.6. The molecule has 3 aromatic carbocycles. The van der Waals surface area contributed by atoms with E-state index in [1.165, 1.54) is 24.3 Å². The molecule has 3 rings (SSSR count). The van der Waals surface area contributed by atoms with Crippen molar-refractivity contribution in [3.63, 3.8) is 0 Å². The van der Waals surface area contributed by atoms with E-state index in [2.05, 4.69) is 5.32 Å². The Balaban J connectivity index is 0.00000280. The number of hydrogen-bond donors (Lipinski definition) is 3. The van der Waals surface area contributed by atoms with E-state index < -0.39 is 20.9 Å². The molecule has 0 radical (unpaired) electrons. The first kappa shape index (κ1) is 22.2. The van der Waals surface area contributed by atoms with Gasteiger partial charge in [-0.3, -0.25) is 4.79 Å². The van der Waals surface area contributed by atoms with Gasteiger partial charge in [-0.2, -0.15) is 0 Å². The maximum atomic E-state index is 12.3. The van der Waals surface area contributed by atoms with Gasteiger partial charge in [0.2, 0.25) is 0 Å². The molecule has 0 aliphatic carbocycles. The van der Waals surface area contributed by atoms with E-state index in [0.29, 0.717) is 23.7 Å². The maximum absolute atomic E-state index is 12.3. The van der Waals surface area contributed by atoms with Crippen molar-refractivity contribution < 1.29 is 57.5 Å². The van der Waals surface area contributed by atoms with E-state index >= 15 is 0 Å². The number of phenolic OH excluding ortho intramolecular Hbond substituents is 2. The number of carbonyl (C=O) groups excluding carboxylic acids is 1. The van der Waals surface area contributed by atoms with E-state index in [4.69, 9.17) is 0 Å². The molecule has 7 nitrogen and oxygen atoms in total. The summed E-state index contributed by atoms with van der Waals surface area (Å²) >= 11 is 0. The number of hydrogen-bond acceptors (Lipinski definition) is 6. The van der Waals surface area contributed by atoms with Gasteiger partial charge in [0.15, 0.2) is 0 Å². The van der Waals surface area contributed by atoms with Gasteiger partial charge in [0.05, 0.1) is 10.5 Å². The molecule has 0 unspecified atom stereocenters. The Morgan fingerprint density at radius 2 is 1.64 bits per heavy atom. The van der Waals surface area contributed by atoms with Gasteiger partial charge in [-0.25, -0.2) is 8.42 Å². The van der Waals surface area contributed by atoms with Crippen molar-refractivity contribution in [2.24, 2.45) is 0 Å². The SMILES string of the molecule is O=C(NCCc1ccc(O)cc1)c1cc2cc(S(=O)(=O)[O-])ccc2cc1O.[Na+]. The third kappa shape index (κ3) is 5.24. The van der Waals surface area contributed by atoms with Crippen molar-refractivity contribution in [1.29, 1.82) is 0 Å². The Morgan fingerprint density at radius 3 is 2.29 bits per heavy atom. The second kappa shape index (κ2) is 8.93. The molecule has 0 atom stereocenters. The summed E-state index contributed by atoms with van der Waals surface area (Å²) in [5.74, 6) is -0.616. The quantitative estimate of drug-likeness (QED) is 0.372. The molecule has 140 valence electrons. The van der Waals surface area contributed by atoms with Crippen LogP contribution in [-0.4, -0.2) is 35.6 Å². The second-order valence-electron chi connectivity index (χ2n) is 6.00. The van der Waals surface area contributed by atoms with Crippen LogP contribution >= 0.6 is 0 Å². The normalized spacial score (nSPS) is 11.0. The first-order valence-corrected chi connectivity index (χ1v) is 9.43. The Morgan fingerprint density at radius 1 is 0.964 bits per heavy atom. The number of benzene rings is 3. The van der Waals surface area contributed by atoms with Gasteiger partial charge < -0.3 is 20.1 Å². The van der Waals surface area contributed by atoms with E-state index in [1.807, 2.05) is 0 Å². The van der Waals surface area contributed by atoms with Crippen molar-refractivity contribution in [3.8, 4) is 11.5 Å². The molecule has 0 heterocycles. The monoisotopic (exact) mass is 409 g/mol.